The molecule has 1 aromatic rings. The highest BCUT2D eigenvalue weighted by molar-refractivity contribution is 7.08. The van der Waals surface area contributed by atoms with Gasteiger partial charge in [-0.25, -0.2) is 4.79 Å². The van der Waals surface area contributed by atoms with E-state index in [1.807, 2.05) is 16.8 Å². The molecule has 0 saturated heterocycles. The van der Waals surface area contributed by atoms with Gasteiger partial charge in [0.2, 0.25) is 0 Å². The number of ether oxygens (including phenoxy) is 1. The van der Waals surface area contributed by atoms with Gasteiger partial charge >= 0.3 is 6.03 Å². The van der Waals surface area contributed by atoms with E-state index < -0.39 is 5.60 Å². The molecule has 0 spiro atoms. The van der Waals surface area contributed by atoms with E-state index in [1.165, 1.54) is 11.3 Å². The summed E-state index contributed by atoms with van der Waals surface area (Å²) in [6.07, 6.45) is 0. The van der Waals surface area contributed by atoms with Crippen LogP contribution in [0.2, 0.25) is 0 Å². The van der Waals surface area contributed by atoms with E-state index >= 15 is 0 Å². The van der Waals surface area contributed by atoms with Crippen molar-refractivity contribution in [3.63, 3.8) is 0 Å². The first-order chi connectivity index (χ1) is 8.06. The van der Waals surface area contributed by atoms with Gasteiger partial charge in [-0.2, -0.15) is 11.3 Å². The number of hydrogen-bond acceptors (Lipinski definition) is 4. The lowest BCUT2D eigenvalue weighted by molar-refractivity contribution is 0.0597. The van der Waals surface area contributed by atoms with Gasteiger partial charge in [0, 0.05) is 13.7 Å². The summed E-state index contributed by atoms with van der Waals surface area (Å²) in [6, 6.07) is 1.53. The third kappa shape index (κ3) is 4.72. The molecule has 1 heterocycles. The van der Waals surface area contributed by atoms with Crippen molar-refractivity contribution in [1.82, 2.24) is 10.6 Å². The Morgan fingerprint density at radius 1 is 1.59 bits per heavy atom. The number of amides is 2. The molecule has 0 bridgehead atoms. The van der Waals surface area contributed by atoms with Crippen molar-refractivity contribution in [3.05, 3.63) is 22.4 Å². The van der Waals surface area contributed by atoms with Gasteiger partial charge in [0.05, 0.1) is 13.2 Å². The second-order valence-corrected chi connectivity index (χ2v) is 4.67. The van der Waals surface area contributed by atoms with Gasteiger partial charge < -0.3 is 20.5 Å². The van der Waals surface area contributed by atoms with Crippen molar-refractivity contribution in [2.45, 2.75) is 12.5 Å². The molecule has 17 heavy (non-hydrogen) atoms. The van der Waals surface area contributed by atoms with E-state index in [1.54, 1.807) is 14.0 Å². The molecule has 0 saturated carbocycles. The lowest BCUT2D eigenvalue weighted by atomic mass is 9.99. The van der Waals surface area contributed by atoms with Gasteiger partial charge in [0.25, 0.3) is 0 Å². The predicted molar refractivity (Wildman–Crippen MR) is 67.2 cm³/mol. The fourth-order valence-electron chi connectivity index (χ4n) is 1.25. The molecule has 0 aliphatic heterocycles. The predicted octanol–water partition coefficient (Wildman–Crippen LogP) is 0.901. The lowest BCUT2D eigenvalue weighted by Crippen LogP contribution is -2.44. The van der Waals surface area contributed by atoms with Gasteiger partial charge in [-0.3, -0.25) is 0 Å². The maximum Gasteiger partial charge on any atom is 0.314 e. The first kappa shape index (κ1) is 14.0. The van der Waals surface area contributed by atoms with Crippen LogP contribution in [0.3, 0.4) is 0 Å². The van der Waals surface area contributed by atoms with Crippen LogP contribution in [0, 0.1) is 0 Å². The van der Waals surface area contributed by atoms with Crippen LogP contribution in [-0.2, 0) is 10.3 Å². The number of thiophene rings is 1. The summed E-state index contributed by atoms with van der Waals surface area (Å²) in [5, 5.41) is 19.1. The zero-order chi connectivity index (χ0) is 12.7. The second-order valence-electron chi connectivity index (χ2n) is 3.89. The Bertz CT molecular complexity index is 338. The largest absolute Gasteiger partial charge is 0.384 e. The van der Waals surface area contributed by atoms with Crippen LogP contribution in [-0.4, -0.2) is 37.9 Å². The van der Waals surface area contributed by atoms with E-state index in [0.717, 1.165) is 5.56 Å². The van der Waals surface area contributed by atoms with Crippen molar-refractivity contribution in [3.8, 4) is 0 Å². The van der Waals surface area contributed by atoms with Crippen molar-refractivity contribution in [2.75, 3.05) is 26.8 Å². The van der Waals surface area contributed by atoms with Crippen LogP contribution in [0.15, 0.2) is 16.8 Å². The first-order valence-corrected chi connectivity index (χ1v) is 6.26. The standard InChI is InChI=1S/C11H18N2O3S/c1-11(15,9-3-6-17-7-9)8-13-10(14)12-4-5-16-2/h3,6-7,15H,4-5,8H2,1-2H3,(H2,12,13,14). The molecule has 1 aromatic heterocycles. The summed E-state index contributed by atoms with van der Waals surface area (Å²) >= 11 is 1.51. The molecule has 0 aromatic carbocycles. The fraction of sp³-hybridized carbons (Fsp3) is 0.545. The highest BCUT2D eigenvalue weighted by Gasteiger charge is 2.23. The van der Waals surface area contributed by atoms with Crippen LogP contribution in [0.25, 0.3) is 0 Å². The molecule has 1 rings (SSSR count). The molecule has 96 valence electrons. The quantitative estimate of drug-likeness (QED) is 0.664. The van der Waals surface area contributed by atoms with Crippen LogP contribution in [0.1, 0.15) is 12.5 Å². The average molecular weight is 258 g/mol. The third-order valence-corrected chi connectivity index (χ3v) is 3.01. The topological polar surface area (TPSA) is 70.6 Å². The van der Waals surface area contributed by atoms with E-state index in [-0.39, 0.29) is 12.6 Å². The van der Waals surface area contributed by atoms with Gasteiger partial charge in [-0.15, -0.1) is 0 Å². The Kier molecular flexibility index (Phi) is 5.40. The zero-order valence-corrected chi connectivity index (χ0v) is 10.8. The van der Waals surface area contributed by atoms with Gasteiger partial charge in [-0.1, -0.05) is 0 Å². The Labute approximate surface area is 105 Å². The van der Waals surface area contributed by atoms with Crippen LogP contribution in [0.4, 0.5) is 4.79 Å². The fourth-order valence-corrected chi connectivity index (χ4v) is 2.04. The van der Waals surface area contributed by atoms with Crippen molar-refractivity contribution in [1.29, 1.82) is 0 Å². The molecular weight excluding hydrogens is 240 g/mol. The molecule has 0 aliphatic carbocycles. The average Bonchev–Trinajstić information content (AvgIpc) is 2.81. The Balaban J connectivity index is 2.32. The number of methoxy groups -OCH3 is 1. The second kappa shape index (κ2) is 6.58. The molecule has 0 fully saturated rings. The summed E-state index contributed by atoms with van der Waals surface area (Å²) < 4.78 is 4.81. The highest BCUT2D eigenvalue weighted by atomic mass is 32.1. The zero-order valence-electron chi connectivity index (χ0n) is 10.0. The molecule has 0 radical (unpaired) electrons. The molecule has 5 nitrogen and oxygen atoms in total. The number of aliphatic hydroxyl groups is 1. The minimum absolute atomic E-state index is 0.169. The number of carbonyl (C=O) groups excluding carboxylic acids is 1. The monoisotopic (exact) mass is 258 g/mol. The number of hydrogen-bond donors (Lipinski definition) is 3. The number of nitrogens with one attached hydrogen (secondary N) is 2. The summed E-state index contributed by atoms with van der Waals surface area (Å²) in [4.78, 5) is 11.3. The SMILES string of the molecule is COCCNC(=O)NCC(C)(O)c1ccsc1. The number of carbonyl (C=O) groups is 1. The normalized spacial score (nSPS) is 14.1. The third-order valence-electron chi connectivity index (χ3n) is 2.33. The number of urea groups is 1. The van der Waals surface area contributed by atoms with Gasteiger partial charge in [0.1, 0.15) is 5.60 Å². The van der Waals surface area contributed by atoms with E-state index in [9.17, 15) is 9.90 Å². The van der Waals surface area contributed by atoms with Crippen molar-refractivity contribution >= 4 is 17.4 Å². The van der Waals surface area contributed by atoms with Crippen LogP contribution < -0.4 is 10.6 Å². The van der Waals surface area contributed by atoms with E-state index in [4.69, 9.17) is 4.74 Å². The highest BCUT2D eigenvalue weighted by Crippen LogP contribution is 2.21. The van der Waals surface area contributed by atoms with E-state index in [0.29, 0.717) is 13.2 Å². The molecule has 2 amide bonds. The van der Waals surface area contributed by atoms with Gasteiger partial charge in [0.15, 0.2) is 0 Å². The Hall–Kier alpha value is -1.11. The molecule has 6 heteroatoms. The van der Waals surface area contributed by atoms with Gasteiger partial charge in [-0.05, 0) is 29.3 Å². The Morgan fingerprint density at radius 3 is 2.94 bits per heavy atom. The smallest absolute Gasteiger partial charge is 0.314 e. The summed E-state index contributed by atoms with van der Waals surface area (Å²) in [6.45, 7) is 2.75. The minimum Gasteiger partial charge on any atom is -0.384 e. The molecule has 0 aliphatic rings. The molecule has 1 unspecified atom stereocenters. The van der Waals surface area contributed by atoms with Crippen molar-refractivity contribution in [2.24, 2.45) is 0 Å². The van der Waals surface area contributed by atoms with Crippen LogP contribution >= 0.6 is 11.3 Å². The maximum atomic E-state index is 11.3. The minimum atomic E-state index is -1.04. The lowest BCUT2D eigenvalue weighted by Gasteiger charge is -2.22. The summed E-state index contributed by atoms with van der Waals surface area (Å²) in [7, 11) is 1.57. The first-order valence-electron chi connectivity index (χ1n) is 5.32. The maximum absolute atomic E-state index is 11.3. The van der Waals surface area contributed by atoms with Crippen LogP contribution in [0.5, 0.6) is 0 Å². The Morgan fingerprint density at radius 2 is 2.35 bits per heavy atom. The summed E-state index contributed by atoms with van der Waals surface area (Å²) in [5.74, 6) is 0. The molecule has 1 atom stereocenters. The van der Waals surface area contributed by atoms with Crippen molar-refractivity contribution < 1.29 is 14.6 Å². The molecule has 3 N–H and O–H groups in total. The summed E-state index contributed by atoms with van der Waals surface area (Å²) in [5.41, 5.74) is -0.238. The molecular formula is C11H18N2O3S. The number of rotatable bonds is 6. The van der Waals surface area contributed by atoms with E-state index in [2.05, 4.69) is 10.6 Å².